The molecule has 126 valence electrons. The third-order valence-electron chi connectivity index (χ3n) is 3.17. The number of hydrogen-bond acceptors (Lipinski definition) is 2. The number of nitrogens with one attached hydrogen (secondary N) is 3. The number of thiocarbonyl (C=S) groups is 1. The average molecular weight is 382 g/mol. The molecule has 0 saturated carbocycles. The van der Waals surface area contributed by atoms with Crippen molar-refractivity contribution in [1.29, 1.82) is 0 Å². The third kappa shape index (κ3) is 5.67. The number of aryl methyl sites for hydroxylation is 1. The summed E-state index contributed by atoms with van der Waals surface area (Å²) in [7, 11) is 0. The Hall–Kier alpha value is -1.82. The standard InChI is InChI=1S/C17H17Cl2N3OS/c1-11-7-9-12(10-8-11)16(23)21-15(14(18)19)22-17(24)20-13-5-3-2-4-6-13/h2-10,14-15H,1H3,(H,21,23)(H2,20,22,24)/t15-/m1/s1. The molecular weight excluding hydrogens is 365 g/mol. The van der Waals surface area contributed by atoms with Gasteiger partial charge in [-0.05, 0) is 43.4 Å². The molecule has 0 aromatic heterocycles. The first-order valence-electron chi connectivity index (χ1n) is 7.24. The van der Waals surface area contributed by atoms with Gasteiger partial charge in [-0.3, -0.25) is 4.79 Å². The number of halogens is 2. The molecule has 0 heterocycles. The molecule has 0 radical (unpaired) electrons. The lowest BCUT2D eigenvalue weighted by Crippen LogP contribution is -2.52. The summed E-state index contributed by atoms with van der Waals surface area (Å²) in [4.78, 5) is 11.4. The molecule has 24 heavy (non-hydrogen) atoms. The van der Waals surface area contributed by atoms with E-state index in [0.29, 0.717) is 10.7 Å². The summed E-state index contributed by atoms with van der Waals surface area (Å²) in [6, 6.07) is 16.6. The van der Waals surface area contributed by atoms with Crippen LogP contribution in [0, 0.1) is 6.92 Å². The summed E-state index contributed by atoms with van der Waals surface area (Å²) in [6.07, 6.45) is -0.731. The number of hydrogen-bond donors (Lipinski definition) is 3. The van der Waals surface area contributed by atoms with Gasteiger partial charge in [-0.15, -0.1) is 23.2 Å². The number of amides is 1. The van der Waals surface area contributed by atoms with Gasteiger partial charge in [0.05, 0.1) is 0 Å². The van der Waals surface area contributed by atoms with Gasteiger partial charge in [-0.1, -0.05) is 35.9 Å². The molecule has 0 fully saturated rings. The molecule has 0 saturated heterocycles. The molecule has 3 N–H and O–H groups in total. The molecule has 0 aliphatic heterocycles. The second kappa shape index (κ2) is 8.87. The van der Waals surface area contributed by atoms with Gasteiger partial charge in [0.25, 0.3) is 5.91 Å². The topological polar surface area (TPSA) is 53.2 Å². The minimum absolute atomic E-state index is 0.290. The molecule has 0 aliphatic rings. The summed E-state index contributed by atoms with van der Waals surface area (Å²) in [5, 5.41) is 8.94. The van der Waals surface area contributed by atoms with E-state index in [0.717, 1.165) is 11.3 Å². The van der Waals surface area contributed by atoms with Crippen LogP contribution in [0.5, 0.6) is 0 Å². The fourth-order valence-corrected chi connectivity index (χ4v) is 2.42. The smallest absolute Gasteiger partial charge is 0.252 e. The molecule has 2 aromatic carbocycles. The van der Waals surface area contributed by atoms with Crippen molar-refractivity contribution in [3.8, 4) is 0 Å². The average Bonchev–Trinajstić information content (AvgIpc) is 2.55. The van der Waals surface area contributed by atoms with Gasteiger partial charge in [-0.25, -0.2) is 0 Å². The highest BCUT2D eigenvalue weighted by Gasteiger charge is 2.21. The lowest BCUT2D eigenvalue weighted by molar-refractivity contribution is 0.0936. The maximum absolute atomic E-state index is 12.3. The fourth-order valence-electron chi connectivity index (χ4n) is 1.92. The van der Waals surface area contributed by atoms with Crippen molar-refractivity contribution >= 4 is 52.1 Å². The van der Waals surface area contributed by atoms with Crippen LogP contribution in [0.3, 0.4) is 0 Å². The first-order chi connectivity index (χ1) is 11.5. The highest BCUT2D eigenvalue weighted by molar-refractivity contribution is 7.80. The number of anilines is 1. The van der Waals surface area contributed by atoms with Gasteiger partial charge < -0.3 is 16.0 Å². The molecular formula is C17H17Cl2N3OS. The largest absolute Gasteiger partial charge is 0.340 e. The summed E-state index contributed by atoms with van der Waals surface area (Å²) < 4.78 is 0. The van der Waals surface area contributed by atoms with Crippen molar-refractivity contribution < 1.29 is 4.79 Å². The number of rotatable bonds is 5. The van der Waals surface area contributed by atoms with E-state index in [1.54, 1.807) is 12.1 Å². The fraction of sp³-hybridized carbons (Fsp3) is 0.176. The zero-order valence-corrected chi connectivity index (χ0v) is 15.3. The molecule has 1 atom stereocenters. The van der Waals surface area contributed by atoms with Crippen molar-refractivity contribution in [3.63, 3.8) is 0 Å². The zero-order valence-electron chi connectivity index (χ0n) is 12.9. The van der Waals surface area contributed by atoms with Crippen LogP contribution >= 0.6 is 35.4 Å². The Morgan fingerprint density at radius 2 is 1.62 bits per heavy atom. The highest BCUT2D eigenvalue weighted by atomic mass is 35.5. The number of alkyl halides is 2. The lowest BCUT2D eigenvalue weighted by atomic mass is 10.1. The SMILES string of the molecule is Cc1ccc(C(=O)N[C@H](NC(=S)Nc2ccccc2)C(Cl)Cl)cc1. The molecule has 7 heteroatoms. The molecule has 0 aliphatic carbocycles. The Bertz CT molecular complexity index is 693. The van der Waals surface area contributed by atoms with Crippen LogP contribution in [-0.4, -0.2) is 22.0 Å². The predicted molar refractivity (Wildman–Crippen MR) is 104 cm³/mol. The second-order valence-corrected chi connectivity index (χ2v) is 6.69. The van der Waals surface area contributed by atoms with Gasteiger partial charge in [0.15, 0.2) is 5.11 Å². The number of para-hydroxylation sites is 1. The summed E-state index contributed by atoms with van der Waals surface area (Å²) >= 11 is 17.1. The molecule has 0 bridgehead atoms. The van der Waals surface area contributed by atoms with E-state index in [-0.39, 0.29) is 5.91 Å². The Morgan fingerprint density at radius 1 is 1.00 bits per heavy atom. The number of benzene rings is 2. The van der Waals surface area contributed by atoms with E-state index in [9.17, 15) is 4.79 Å². The van der Waals surface area contributed by atoms with Gasteiger partial charge >= 0.3 is 0 Å². The van der Waals surface area contributed by atoms with E-state index in [2.05, 4.69) is 16.0 Å². The van der Waals surface area contributed by atoms with Crippen molar-refractivity contribution in [2.45, 2.75) is 17.9 Å². The molecule has 2 rings (SSSR count). The first kappa shape index (κ1) is 18.5. The van der Waals surface area contributed by atoms with Crippen molar-refractivity contribution in [1.82, 2.24) is 10.6 Å². The Kier molecular flexibility index (Phi) is 6.85. The number of carbonyl (C=O) groups is 1. The molecule has 0 unspecified atom stereocenters. The summed E-state index contributed by atoms with van der Waals surface area (Å²) in [6.45, 7) is 1.95. The van der Waals surface area contributed by atoms with Crippen LogP contribution in [0.1, 0.15) is 15.9 Å². The van der Waals surface area contributed by atoms with Gasteiger partial charge in [-0.2, -0.15) is 0 Å². The Balaban J connectivity index is 1.97. The lowest BCUT2D eigenvalue weighted by Gasteiger charge is -2.23. The maximum Gasteiger partial charge on any atom is 0.252 e. The first-order valence-corrected chi connectivity index (χ1v) is 8.52. The van der Waals surface area contributed by atoms with E-state index < -0.39 is 11.0 Å². The normalized spacial score (nSPS) is 11.7. The third-order valence-corrected chi connectivity index (χ3v) is 3.89. The van der Waals surface area contributed by atoms with Crippen molar-refractivity contribution in [3.05, 3.63) is 65.7 Å². The minimum Gasteiger partial charge on any atom is -0.340 e. The number of carbonyl (C=O) groups excluding carboxylic acids is 1. The van der Waals surface area contributed by atoms with Crippen molar-refractivity contribution in [2.75, 3.05) is 5.32 Å². The van der Waals surface area contributed by atoms with Crippen LogP contribution in [0.2, 0.25) is 0 Å². The van der Waals surface area contributed by atoms with E-state index in [1.165, 1.54) is 0 Å². The van der Waals surface area contributed by atoms with E-state index in [1.807, 2.05) is 49.4 Å². The van der Waals surface area contributed by atoms with Crippen molar-refractivity contribution in [2.24, 2.45) is 0 Å². The quantitative estimate of drug-likeness (QED) is 0.418. The molecule has 1 amide bonds. The monoisotopic (exact) mass is 381 g/mol. The van der Waals surface area contributed by atoms with Crippen LogP contribution in [-0.2, 0) is 0 Å². The zero-order chi connectivity index (χ0) is 17.5. The summed E-state index contributed by atoms with van der Waals surface area (Å²) in [5.74, 6) is -0.290. The summed E-state index contributed by atoms with van der Waals surface area (Å²) in [5.41, 5.74) is 2.41. The Labute approximate surface area is 156 Å². The van der Waals surface area contributed by atoms with Gasteiger partial charge in [0.1, 0.15) is 11.0 Å². The second-order valence-electron chi connectivity index (χ2n) is 5.12. The molecule has 2 aromatic rings. The van der Waals surface area contributed by atoms with Gasteiger partial charge in [0, 0.05) is 11.3 Å². The Morgan fingerprint density at radius 3 is 2.21 bits per heavy atom. The maximum atomic E-state index is 12.3. The molecule has 0 spiro atoms. The highest BCUT2D eigenvalue weighted by Crippen LogP contribution is 2.10. The van der Waals surface area contributed by atoms with Gasteiger partial charge in [0.2, 0.25) is 0 Å². The van der Waals surface area contributed by atoms with Crippen LogP contribution in [0.15, 0.2) is 54.6 Å². The van der Waals surface area contributed by atoms with Crippen LogP contribution in [0.25, 0.3) is 0 Å². The predicted octanol–water partition coefficient (Wildman–Crippen LogP) is 3.84. The van der Waals surface area contributed by atoms with E-state index >= 15 is 0 Å². The minimum atomic E-state index is -0.880. The molecule has 4 nitrogen and oxygen atoms in total. The van der Waals surface area contributed by atoms with Crippen LogP contribution in [0.4, 0.5) is 5.69 Å². The van der Waals surface area contributed by atoms with Crippen LogP contribution < -0.4 is 16.0 Å². The van der Waals surface area contributed by atoms with E-state index in [4.69, 9.17) is 35.4 Å².